The molecule has 6 heteroatoms. The summed E-state index contributed by atoms with van der Waals surface area (Å²) in [5.41, 5.74) is 2.76. The Labute approximate surface area is 174 Å². The first kappa shape index (κ1) is 22.5. The summed E-state index contributed by atoms with van der Waals surface area (Å²) < 4.78 is 0. The lowest BCUT2D eigenvalue weighted by atomic mass is 10.0. The van der Waals surface area contributed by atoms with Gasteiger partial charge in [-0.05, 0) is 25.3 Å². The van der Waals surface area contributed by atoms with Gasteiger partial charge >= 0.3 is 0 Å². The standard InChI is InChI=1S/C20H30N4O.HI/c1-4-21-20(22-13-10-19(25)23(2)3)24-14-11-18(12-15-24)16-17-8-6-5-7-9-17;/h5-9,16H,4,10-15H2,1-3H3,(H,21,22);1H. The van der Waals surface area contributed by atoms with Gasteiger partial charge in [0.2, 0.25) is 5.91 Å². The first-order valence-corrected chi connectivity index (χ1v) is 9.08. The molecule has 1 aromatic carbocycles. The maximum Gasteiger partial charge on any atom is 0.223 e. The molecule has 0 radical (unpaired) electrons. The summed E-state index contributed by atoms with van der Waals surface area (Å²) in [6.45, 7) is 5.37. The molecule has 2 rings (SSSR count). The minimum Gasteiger partial charge on any atom is -0.357 e. The Morgan fingerprint density at radius 3 is 2.46 bits per heavy atom. The fourth-order valence-electron chi connectivity index (χ4n) is 2.84. The third kappa shape index (κ3) is 7.35. The van der Waals surface area contributed by atoms with Crippen LogP contribution in [0.1, 0.15) is 31.7 Å². The molecule has 1 aliphatic rings. The third-order valence-corrected chi connectivity index (χ3v) is 4.30. The first-order chi connectivity index (χ1) is 12.1. The van der Waals surface area contributed by atoms with Crippen LogP contribution in [0.4, 0.5) is 0 Å². The maximum absolute atomic E-state index is 11.7. The van der Waals surface area contributed by atoms with Crippen molar-refractivity contribution < 1.29 is 4.79 Å². The van der Waals surface area contributed by atoms with Gasteiger partial charge in [-0.2, -0.15) is 0 Å². The van der Waals surface area contributed by atoms with Crippen LogP contribution >= 0.6 is 24.0 Å². The highest BCUT2D eigenvalue weighted by molar-refractivity contribution is 14.0. The second kappa shape index (κ2) is 11.9. The van der Waals surface area contributed by atoms with Crippen LogP contribution in [-0.4, -0.2) is 61.9 Å². The normalized spacial score (nSPS) is 14.5. The molecule has 0 aliphatic carbocycles. The average molecular weight is 470 g/mol. The molecule has 1 aliphatic heterocycles. The largest absolute Gasteiger partial charge is 0.357 e. The van der Waals surface area contributed by atoms with Crippen molar-refractivity contribution in [1.82, 2.24) is 15.1 Å². The topological polar surface area (TPSA) is 47.9 Å². The summed E-state index contributed by atoms with van der Waals surface area (Å²) in [4.78, 5) is 20.2. The lowest BCUT2D eigenvalue weighted by molar-refractivity contribution is -0.128. The number of guanidine groups is 1. The quantitative estimate of drug-likeness (QED) is 0.409. The van der Waals surface area contributed by atoms with Gasteiger partial charge in [0, 0.05) is 40.2 Å². The summed E-state index contributed by atoms with van der Waals surface area (Å²) in [5.74, 6) is 1.04. The molecule has 1 heterocycles. The van der Waals surface area contributed by atoms with Gasteiger partial charge in [-0.1, -0.05) is 42.0 Å². The SMILES string of the molecule is CCNC(=NCCC(=O)N(C)C)N1CCC(=Cc2ccccc2)CC1.I. The lowest BCUT2D eigenvalue weighted by Crippen LogP contribution is -2.44. The van der Waals surface area contributed by atoms with E-state index in [0.717, 1.165) is 38.4 Å². The predicted octanol–water partition coefficient (Wildman–Crippen LogP) is 3.23. The number of rotatable bonds is 5. The number of benzene rings is 1. The molecule has 0 aromatic heterocycles. The fourth-order valence-corrected chi connectivity index (χ4v) is 2.84. The molecule has 0 unspecified atom stereocenters. The molecule has 26 heavy (non-hydrogen) atoms. The van der Waals surface area contributed by atoms with E-state index in [1.165, 1.54) is 11.1 Å². The molecule has 1 N–H and O–H groups in total. The fraction of sp³-hybridized carbons (Fsp3) is 0.500. The van der Waals surface area contributed by atoms with Gasteiger partial charge in [0.1, 0.15) is 0 Å². The van der Waals surface area contributed by atoms with E-state index in [4.69, 9.17) is 0 Å². The average Bonchev–Trinajstić information content (AvgIpc) is 2.62. The van der Waals surface area contributed by atoms with Gasteiger partial charge < -0.3 is 15.1 Å². The van der Waals surface area contributed by atoms with E-state index >= 15 is 0 Å². The van der Waals surface area contributed by atoms with E-state index in [9.17, 15) is 4.79 Å². The van der Waals surface area contributed by atoms with E-state index < -0.39 is 0 Å². The van der Waals surface area contributed by atoms with E-state index in [-0.39, 0.29) is 29.9 Å². The zero-order valence-corrected chi connectivity index (χ0v) is 18.4. The van der Waals surface area contributed by atoms with Crippen LogP contribution in [0.3, 0.4) is 0 Å². The van der Waals surface area contributed by atoms with Crippen molar-refractivity contribution in [3.63, 3.8) is 0 Å². The molecule has 0 bridgehead atoms. The minimum atomic E-state index is 0. The minimum absolute atomic E-state index is 0. The predicted molar refractivity (Wildman–Crippen MR) is 120 cm³/mol. The van der Waals surface area contributed by atoms with Gasteiger partial charge in [0.25, 0.3) is 0 Å². The van der Waals surface area contributed by atoms with Gasteiger partial charge in [-0.15, -0.1) is 24.0 Å². The smallest absolute Gasteiger partial charge is 0.223 e. The Bertz CT molecular complexity index is 603. The molecule has 144 valence electrons. The number of nitrogens with zero attached hydrogens (tertiary/aromatic N) is 3. The van der Waals surface area contributed by atoms with E-state index in [2.05, 4.69) is 52.5 Å². The molecule has 0 spiro atoms. The summed E-state index contributed by atoms with van der Waals surface area (Å²) >= 11 is 0. The Morgan fingerprint density at radius 2 is 1.88 bits per heavy atom. The second-order valence-electron chi connectivity index (χ2n) is 6.47. The van der Waals surface area contributed by atoms with Crippen LogP contribution in [0.25, 0.3) is 6.08 Å². The van der Waals surface area contributed by atoms with Crippen molar-refractivity contribution in [1.29, 1.82) is 0 Å². The van der Waals surface area contributed by atoms with Crippen molar-refractivity contribution in [2.45, 2.75) is 26.2 Å². The number of likely N-dealkylation sites (tertiary alicyclic amines) is 1. The highest BCUT2D eigenvalue weighted by atomic mass is 127. The van der Waals surface area contributed by atoms with Gasteiger partial charge in [-0.3, -0.25) is 9.79 Å². The van der Waals surface area contributed by atoms with E-state index in [1.807, 2.05) is 6.07 Å². The van der Waals surface area contributed by atoms with Gasteiger partial charge in [0.05, 0.1) is 6.54 Å². The third-order valence-electron chi connectivity index (χ3n) is 4.30. The Hall–Kier alpha value is -1.57. The van der Waals surface area contributed by atoms with E-state index in [1.54, 1.807) is 19.0 Å². The summed E-state index contributed by atoms with van der Waals surface area (Å²) in [7, 11) is 3.56. The molecular weight excluding hydrogens is 439 g/mol. The van der Waals surface area contributed by atoms with Crippen molar-refractivity contribution in [2.75, 3.05) is 40.3 Å². The number of hydrogen-bond donors (Lipinski definition) is 1. The van der Waals surface area contributed by atoms with Gasteiger partial charge in [-0.25, -0.2) is 0 Å². The summed E-state index contributed by atoms with van der Waals surface area (Å²) in [6.07, 6.45) is 4.86. The Morgan fingerprint density at radius 1 is 1.23 bits per heavy atom. The summed E-state index contributed by atoms with van der Waals surface area (Å²) in [5, 5.41) is 3.35. The number of aliphatic imine (C=N–C) groups is 1. The molecular formula is C20H31IN4O. The van der Waals surface area contributed by atoms with Crippen LogP contribution in [0.5, 0.6) is 0 Å². The molecule has 1 saturated heterocycles. The number of carbonyl (C=O) groups excluding carboxylic acids is 1. The Balaban J connectivity index is 0.00000338. The monoisotopic (exact) mass is 470 g/mol. The summed E-state index contributed by atoms with van der Waals surface area (Å²) in [6, 6.07) is 10.5. The van der Waals surface area contributed by atoms with Crippen molar-refractivity contribution in [3.05, 3.63) is 41.5 Å². The van der Waals surface area contributed by atoms with Crippen molar-refractivity contribution in [2.24, 2.45) is 4.99 Å². The van der Waals surface area contributed by atoms with Crippen LogP contribution in [-0.2, 0) is 4.79 Å². The molecule has 1 aromatic rings. The molecule has 0 saturated carbocycles. The zero-order chi connectivity index (χ0) is 18.1. The number of piperidine rings is 1. The Kier molecular flexibility index (Phi) is 10.3. The van der Waals surface area contributed by atoms with Crippen molar-refractivity contribution in [3.8, 4) is 0 Å². The lowest BCUT2D eigenvalue weighted by Gasteiger charge is -2.31. The molecule has 0 atom stereocenters. The molecule has 1 amide bonds. The zero-order valence-electron chi connectivity index (χ0n) is 16.1. The van der Waals surface area contributed by atoms with Crippen LogP contribution in [0, 0.1) is 0 Å². The van der Waals surface area contributed by atoms with Gasteiger partial charge in [0.15, 0.2) is 5.96 Å². The number of halogens is 1. The van der Waals surface area contributed by atoms with Crippen LogP contribution < -0.4 is 5.32 Å². The second-order valence-corrected chi connectivity index (χ2v) is 6.47. The van der Waals surface area contributed by atoms with E-state index in [0.29, 0.717) is 13.0 Å². The number of nitrogens with one attached hydrogen (secondary N) is 1. The maximum atomic E-state index is 11.7. The number of amides is 1. The van der Waals surface area contributed by atoms with Crippen LogP contribution in [0.2, 0.25) is 0 Å². The highest BCUT2D eigenvalue weighted by Gasteiger charge is 2.17. The number of carbonyl (C=O) groups is 1. The molecule has 5 nitrogen and oxygen atoms in total. The number of hydrogen-bond acceptors (Lipinski definition) is 2. The first-order valence-electron chi connectivity index (χ1n) is 9.08. The highest BCUT2D eigenvalue weighted by Crippen LogP contribution is 2.19. The van der Waals surface area contributed by atoms with Crippen LogP contribution in [0.15, 0.2) is 40.9 Å². The molecule has 1 fully saturated rings. The van der Waals surface area contributed by atoms with Crippen molar-refractivity contribution >= 4 is 41.9 Å².